The van der Waals surface area contributed by atoms with Gasteiger partial charge < -0.3 is 0 Å². The van der Waals surface area contributed by atoms with Crippen molar-refractivity contribution in [3.8, 4) is 0 Å². The summed E-state index contributed by atoms with van der Waals surface area (Å²) in [5.74, 6) is -3.24. The molecule has 182 valence electrons. The van der Waals surface area contributed by atoms with Crippen LogP contribution in [0.4, 0.5) is 8.78 Å². The van der Waals surface area contributed by atoms with Gasteiger partial charge in [0.2, 0.25) is 0 Å². The van der Waals surface area contributed by atoms with Crippen LogP contribution < -0.4 is 0 Å². The average molecular weight is 459 g/mol. The van der Waals surface area contributed by atoms with Crippen LogP contribution in [0.1, 0.15) is 75.8 Å². The summed E-state index contributed by atoms with van der Waals surface area (Å²) >= 11 is 0. The molecule has 1 aliphatic heterocycles. The highest BCUT2D eigenvalue weighted by Gasteiger charge is 2.49. The van der Waals surface area contributed by atoms with E-state index in [0.29, 0.717) is 24.8 Å². The van der Waals surface area contributed by atoms with Crippen molar-refractivity contribution in [2.45, 2.75) is 89.6 Å². The van der Waals surface area contributed by atoms with E-state index in [1.165, 1.54) is 11.1 Å². The number of rotatable bonds is 6. The predicted octanol–water partition coefficient (Wildman–Crippen LogP) is 5.98. The molecule has 0 spiro atoms. The molecule has 0 aromatic heterocycles. The van der Waals surface area contributed by atoms with E-state index in [1.54, 1.807) is 0 Å². The van der Waals surface area contributed by atoms with Gasteiger partial charge in [-0.2, -0.15) is 0 Å². The average Bonchev–Trinajstić information content (AvgIpc) is 2.81. The maximum atomic E-state index is 15.1. The fraction of sp³-hybridized carbons (Fsp3) is 0.679. The van der Waals surface area contributed by atoms with Gasteiger partial charge in [-0.1, -0.05) is 35.9 Å². The smallest absolute Gasteiger partial charge is 0.252 e. The largest absolute Gasteiger partial charge is 0.298 e. The summed E-state index contributed by atoms with van der Waals surface area (Å²) in [6.07, 6.45) is 5.72. The van der Waals surface area contributed by atoms with Crippen LogP contribution in [0.3, 0.4) is 0 Å². The van der Waals surface area contributed by atoms with Crippen molar-refractivity contribution in [1.82, 2.24) is 9.80 Å². The second kappa shape index (κ2) is 10.4. The molecule has 1 saturated carbocycles. The predicted molar refractivity (Wildman–Crippen MR) is 130 cm³/mol. The number of ketones is 1. The van der Waals surface area contributed by atoms with Crippen LogP contribution in [0.25, 0.3) is 0 Å². The minimum absolute atomic E-state index is 0.0108. The van der Waals surface area contributed by atoms with Gasteiger partial charge in [-0.15, -0.1) is 0 Å². The number of halogens is 2. The number of benzene rings is 1. The Morgan fingerprint density at radius 1 is 1.09 bits per heavy atom. The molecule has 3 nitrogen and oxygen atoms in total. The van der Waals surface area contributed by atoms with Crippen molar-refractivity contribution in [3.05, 3.63) is 47.0 Å². The lowest BCUT2D eigenvalue weighted by Crippen LogP contribution is -2.57. The topological polar surface area (TPSA) is 23.6 Å². The summed E-state index contributed by atoms with van der Waals surface area (Å²) in [5, 5.41) is 0. The molecule has 2 unspecified atom stereocenters. The standard InChI is InChI=1S/C28H40F2N2O/c1-20(2)31-15-17-32(18-16-31)26-5-4-14-28(29,30)25(26)19-27(33)24-12-10-23(11-13-24)22-8-6-21(3)7-9-22/h6-9,12,20,23,25-26H,4-5,10-11,13-19H2,1-3H3/t23?,25-,26?/m1/s1. The van der Waals surface area contributed by atoms with Crippen LogP contribution in [0.2, 0.25) is 0 Å². The normalized spacial score (nSPS) is 29.2. The molecule has 1 heterocycles. The Balaban J connectivity index is 1.40. The van der Waals surface area contributed by atoms with Crippen molar-refractivity contribution in [3.63, 3.8) is 0 Å². The van der Waals surface area contributed by atoms with E-state index in [0.717, 1.165) is 51.0 Å². The number of carbonyl (C=O) groups excluding carboxylic acids is 1. The van der Waals surface area contributed by atoms with Gasteiger partial charge in [0.15, 0.2) is 5.78 Å². The zero-order valence-electron chi connectivity index (χ0n) is 20.5. The first kappa shape index (κ1) is 24.5. The summed E-state index contributed by atoms with van der Waals surface area (Å²) in [4.78, 5) is 17.9. The van der Waals surface area contributed by atoms with Crippen LogP contribution >= 0.6 is 0 Å². The van der Waals surface area contributed by atoms with Crippen molar-refractivity contribution in [2.24, 2.45) is 5.92 Å². The number of hydrogen-bond acceptors (Lipinski definition) is 3. The lowest BCUT2D eigenvalue weighted by atomic mass is 9.75. The van der Waals surface area contributed by atoms with E-state index in [4.69, 9.17) is 0 Å². The second-order valence-corrected chi connectivity index (χ2v) is 10.7. The van der Waals surface area contributed by atoms with Crippen LogP contribution in [0.5, 0.6) is 0 Å². The van der Waals surface area contributed by atoms with Crippen LogP contribution in [0, 0.1) is 12.8 Å². The van der Waals surface area contributed by atoms with Gasteiger partial charge in [0.1, 0.15) is 0 Å². The Kier molecular flexibility index (Phi) is 7.69. The molecule has 33 heavy (non-hydrogen) atoms. The van der Waals surface area contributed by atoms with Gasteiger partial charge in [-0.25, -0.2) is 8.78 Å². The second-order valence-electron chi connectivity index (χ2n) is 10.7. The molecular weight excluding hydrogens is 418 g/mol. The highest BCUT2D eigenvalue weighted by Crippen LogP contribution is 2.44. The quantitative estimate of drug-likeness (QED) is 0.524. The van der Waals surface area contributed by atoms with E-state index in [9.17, 15) is 4.79 Å². The Bertz CT molecular complexity index is 840. The number of aryl methyl sites for hydroxylation is 1. The Hall–Kier alpha value is -1.59. The molecule has 5 heteroatoms. The van der Waals surface area contributed by atoms with E-state index in [2.05, 4.69) is 54.8 Å². The Morgan fingerprint density at radius 2 is 1.79 bits per heavy atom. The number of allylic oxidation sites excluding steroid dienone is 2. The SMILES string of the molecule is Cc1ccc(C2CC=C(C(=O)C[C@@H]3C(N4CCN(C(C)C)CC4)CCCC3(F)F)CC2)cc1. The number of hydrogen-bond donors (Lipinski definition) is 0. The molecular formula is C28H40F2N2O. The summed E-state index contributed by atoms with van der Waals surface area (Å²) in [7, 11) is 0. The molecule has 0 N–H and O–H groups in total. The van der Waals surface area contributed by atoms with E-state index in [1.807, 2.05) is 6.08 Å². The number of nitrogens with zero attached hydrogens (tertiary/aromatic N) is 2. The Labute approximate surface area is 198 Å². The molecule has 1 saturated heterocycles. The summed E-state index contributed by atoms with van der Waals surface area (Å²) < 4.78 is 30.2. The molecule has 3 aliphatic rings. The number of carbonyl (C=O) groups is 1. The highest BCUT2D eigenvalue weighted by molar-refractivity contribution is 5.95. The molecule has 2 fully saturated rings. The molecule has 1 aromatic carbocycles. The maximum Gasteiger partial charge on any atom is 0.252 e. The van der Waals surface area contributed by atoms with Gasteiger partial charge in [0, 0.05) is 57.0 Å². The van der Waals surface area contributed by atoms with Crippen molar-refractivity contribution in [1.29, 1.82) is 0 Å². The van der Waals surface area contributed by atoms with E-state index < -0.39 is 11.8 Å². The fourth-order valence-electron chi connectivity index (χ4n) is 6.08. The van der Waals surface area contributed by atoms with Crippen LogP contribution in [-0.4, -0.2) is 59.8 Å². The van der Waals surface area contributed by atoms with Gasteiger partial charge in [-0.3, -0.25) is 14.6 Å². The van der Waals surface area contributed by atoms with Gasteiger partial charge in [0.05, 0.1) is 0 Å². The summed E-state index contributed by atoms with van der Waals surface area (Å²) in [6, 6.07) is 8.91. The minimum atomic E-state index is -2.76. The molecule has 1 aromatic rings. The Morgan fingerprint density at radius 3 is 2.39 bits per heavy atom. The first-order valence-electron chi connectivity index (χ1n) is 12.9. The number of piperazine rings is 1. The van der Waals surface area contributed by atoms with E-state index in [-0.39, 0.29) is 24.7 Å². The zero-order chi connectivity index (χ0) is 23.6. The third kappa shape index (κ3) is 5.74. The molecule has 4 rings (SSSR count). The molecule has 0 radical (unpaired) electrons. The lowest BCUT2D eigenvalue weighted by molar-refractivity contribution is -0.139. The highest BCUT2D eigenvalue weighted by atomic mass is 19.3. The molecule has 0 amide bonds. The van der Waals surface area contributed by atoms with Gasteiger partial charge in [0.25, 0.3) is 5.92 Å². The van der Waals surface area contributed by atoms with Gasteiger partial charge >= 0.3 is 0 Å². The minimum Gasteiger partial charge on any atom is -0.298 e. The first-order valence-corrected chi connectivity index (χ1v) is 12.9. The third-order valence-electron chi connectivity index (χ3n) is 8.29. The maximum absolute atomic E-state index is 15.1. The molecule has 0 bridgehead atoms. The number of Topliss-reactive ketones (excluding diaryl/α,β-unsaturated/α-hetero) is 1. The van der Waals surface area contributed by atoms with E-state index >= 15 is 8.78 Å². The summed E-state index contributed by atoms with van der Waals surface area (Å²) in [6.45, 7) is 9.95. The molecule has 3 atom stereocenters. The zero-order valence-corrected chi connectivity index (χ0v) is 20.5. The summed E-state index contributed by atoms with van der Waals surface area (Å²) in [5.41, 5.74) is 3.33. The van der Waals surface area contributed by atoms with Crippen molar-refractivity contribution in [2.75, 3.05) is 26.2 Å². The van der Waals surface area contributed by atoms with Gasteiger partial charge in [-0.05, 0) is 69.9 Å². The molecule has 2 aliphatic carbocycles. The van der Waals surface area contributed by atoms with Crippen LogP contribution in [-0.2, 0) is 4.79 Å². The lowest BCUT2D eigenvalue weighted by Gasteiger charge is -2.47. The van der Waals surface area contributed by atoms with Crippen molar-refractivity contribution < 1.29 is 13.6 Å². The van der Waals surface area contributed by atoms with Crippen molar-refractivity contribution >= 4 is 5.78 Å². The monoisotopic (exact) mass is 458 g/mol. The first-order chi connectivity index (χ1) is 15.7. The fourth-order valence-corrected chi connectivity index (χ4v) is 6.08. The number of alkyl halides is 2. The third-order valence-corrected chi connectivity index (χ3v) is 8.29. The van der Waals surface area contributed by atoms with Crippen LogP contribution in [0.15, 0.2) is 35.9 Å².